The van der Waals surface area contributed by atoms with Crippen LogP contribution in [0.4, 0.5) is 18.9 Å². The van der Waals surface area contributed by atoms with Gasteiger partial charge in [-0.25, -0.2) is 13.1 Å². The van der Waals surface area contributed by atoms with E-state index in [1.807, 2.05) is 4.72 Å². The van der Waals surface area contributed by atoms with Crippen molar-refractivity contribution in [2.45, 2.75) is 17.5 Å². The van der Waals surface area contributed by atoms with Crippen molar-refractivity contribution in [2.24, 2.45) is 0 Å². The minimum absolute atomic E-state index is 0.101. The number of nitrogens with one attached hydrogen (secondary N) is 1. The van der Waals surface area contributed by atoms with Crippen LogP contribution < -0.4 is 14.2 Å². The molecule has 8 nitrogen and oxygen atoms in total. The number of nitro groups is 1. The standard InChI is InChI=1S/C17H16ClF3N2O6S/c1-28-14-7-10(13(23(24)25)9-15(14)29-2)5-6-22-30(26,27)16-4-3-11(18)8-12(16)17(19,20)21/h3-4,7-9,22H,5-6H2,1-2H3. The lowest BCUT2D eigenvalue weighted by molar-refractivity contribution is -0.385. The predicted octanol–water partition coefficient (Wildman–Crippen LogP) is 3.81. The van der Waals surface area contributed by atoms with Crippen molar-refractivity contribution in [3.8, 4) is 11.5 Å². The first-order valence-electron chi connectivity index (χ1n) is 8.16. The maximum Gasteiger partial charge on any atom is 0.417 e. The van der Waals surface area contributed by atoms with Crippen molar-refractivity contribution in [3.63, 3.8) is 0 Å². The predicted molar refractivity (Wildman–Crippen MR) is 102 cm³/mol. The first kappa shape index (κ1) is 23.7. The van der Waals surface area contributed by atoms with Gasteiger partial charge in [0.2, 0.25) is 10.0 Å². The van der Waals surface area contributed by atoms with Crippen molar-refractivity contribution >= 4 is 27.3 Å². The summed E-state index contributed by atoms with van der Waals surface area (Å²) in [6.45, 7) is -0.404. The van der Waals surface area contributed by atoms with Gasteiger partial charge in [0.15, 0.2) is 11.5 Å². The van der Waals surface area contributed by atoms with E-state index < -0.39 is 38.1 Å². The summed E-state index contributed by atoms with van der Waals surface area (Å²) in [4.78, 5) is 9.60. The van der Waals surface area contributed by atoms with Crippen LogP contribution in [0.25, 0.3) is 0 Å². The number of nitrogens with zero attached hydrogens (tertiary/aromatic N) is 1. The average Bonchev–Trinajstić information content (AvgIpc) is 2.66. The molecule has 0 aromatic heterocycles. The third kappa shape index (κ3) is 5.32. The van der Waals surface area contributed by atoms with Crippen LogP contribution in [0.2, 0.25) is 5.02 Å². The number of sulfonamides is 1. The molecule has 0 heterocycles. The molecule has 2 aromatic rings. The number of halogens is 4. The van der Waals surface area contributed by atoms with E-state index in [-0.39, 0.29) is 34.2 Å². The maximum absolute atomic E-state index is 13.2. The third-order valence-corrected chi connectivity index (χ3v) is 5.76. The summed E-state index contributed by atoms with van der Waals surface area (Å²) in [7, 11) is -1.97. The highest BCUT2D eigenvalue weighted by molar-refractivity contribution is 7.89. The zero-order valence-corrected chi connectivity index (χ0v) is 17.2. The summed E-state index contributed by atoms with van der Waals surface area (Å²) < 4.78 is 76.5. The van der Waals surface area contributed by atoms with Crippen LogP contribution in [-0.2, 0) is 22.6 Å². The summed E-state index contributed by atoms with van der Waals surface area (Å²) in [5, 5.41) is 11.0. The molecule has 2 aromatic carbocycles. The van der Waals surface area contributed by atoms with Gasteiger partial charge < -0.3 is 9.47 Å². The van der Waals surface area contributed by atoms with Crippen molar-refractivity contribution in [1.29, 1.82) is 0 Å². The van der Waals surface area contributed by atoms with Gasteiger partial charge in [0.1, 0.15) is 0 Å². The Morgan fingerprint density at radius 1 is 1.13 bits per heavy atom. The molecule has 13 heteroatoms. The van der Waals surface area contributed by atoms with Gasteiger partial charge in [-0.3, -0.25) is 10.1 Å². The molecule has 0 spiro atoms. The SMILES string of the molecule is COc1cc(CCNS(=O)(=O)c2ccc(Cl)cc2C(F)(F)F)c([N+](=O)[O-])cc1OC. The average molecular weight is 469 g/mol. The number of benzene rings is 2. The third-order valence-electron chi connectivity index (χ3n) is 4.00. The number of rotatable bonds is 8. The second-order valence-corrected chi connectivity index (χ2v) is 8.05. The van der Waals surface area contributed by atoms with Gasteiger partial charge in [-0.1, -0.05) is 11.6 Å². The number of alkyl halides is 3. The van der Waals surface area contributed by atoms with Gasteiger partial charge in [-0.05, 0) is 30.7 Å². The fourth-order valence-corrected chi connectivity index (χ4v) is 4.05. The normalized spacial score (nSPS) is 11.9. The highest BCUT2D eigenvalue weighted by Crippen LogP contribution is 2.36. The molecule has 0 saturated heterocycles. The Kier molecular flexibility index (Phi) is 7.16. The van der Waals surface area contributed by atoms with Crippen LogP contribution in [-0.4, -0.2) is 34.1 Å². The second-order valence-electron chi connectivity index (χ2n) is 5.88. The molecule has 0 bridgehead atoms. The van der Waals surface area contributed by atoms with E-state index in [1.54, 1.807) is 0 Å². The molecule has 1 N–H and O–H groups in total. The zero-order chi connectivity index (χ0) is 22.7. The van der Waals surface area contributed by atoms with Gasteiger partial charge in [0.25, 0.3) is 5.69 Å². The molecule has 164 valence electrons. The lowest BCUT2D eigenvalue weighted by atomic mass is 10.1. The van der Waals surface area contributed by atoms with E-state index in [2.05, 4.69) is 0 Å². The Labute approximate surface area is 174 Å². The summed E-state index contributed by atoms with van der Waals surface area (Å²) in [6, 6.07) is 4.69. The van der Waals surface area contributed by atoms with Crippen LogP contribution in [0, 0.1) is 10.1 Å². The molecule has 0 amide bonds. The molecular weight excluding hydrogens is 453 g/mol. The molecule has 0 radical (unpaired) electrons. The quantitative estimate of drug-likeness (QED) is 0.466. The Morgan fingerprint density at radius 3 is 2.27 bits per heavy atom. The molecule has 0 aliphatic heterocycles. The summed E-state index contributed by atoms with van der Waals surface area (Å²) >= 11 is 5.56. The van der Waals surface area contributed by atoms with Gasteiger partial charge in [-0.2, -0.15) is 13.2 Å². The first-order valence-corrected chi connectivity index (χ1v) is 10.0. The van der Waals surface area contributed by atoms with E-state index in [0.29, 0.717) is 6.07 Å². The summed E-state index contributed by atoms with van der Waals surface area (Å²) in [6.07, 6.45) is -5.14. The fraction of sp³-hybridized carbons (Fsp3) is 0.294. The smallest absolute Gasteiger partial charge is 0.417 e. The Hall–Kier alpha value is -2.57. The molecule has 0 fully saturated rings. The number of nitro benzene ring substituents is 1. The molecule has 2 rings (SSSR count). The number of hydrogen-bond acceptors (Lipinski definition) is 6. The summed E-state index contributed by atoms with van der Waals surface area (Å²) in [5.41, 5.74) is -1.67. The van der Waals surface area contributed by atoms with Crippen LogP contribution >= 0.6 is 11.6 Å². The fourth-order valence-electron chi connectivity index (χ4n) is 2.64. The highest BCUT2D eigenvalue weighted by Gasteiger charge is 2.37. The molecule has 0 saturated carbocycles. The van der Waals surface area contributed by atoms with Gasteiger partial charge in [0, 0.05) is 17.1 Å². The molecule has 0 unspecified atom stereocenters. The minimum Gasteiger partial charge on any atom is -0.493 e. The van der Waals surface area contributed by atoms with Crippen molar-refractivity contribution in [1.82, 2.24) is 4.72 Å². The minimum atomic E-state index is -4.95. The van der Waals surface area contributed by atoms with Crippen molar-refractivity contribution < 1.29 is 36.0 Å². The van der Waals surface area contributed by atoms with Crippen LogP contribution in [0.3, 0.4) is 0 Å². The van der Waals surface area contributed by atoms with E-state index in [4.69, 9.17) is 21.1 Å². The molecule has 0 aliphatic rings. The van der Waals surface area contributed by atoms with Crippen molar-refractivity contribution in [2.75, 3.05) is 20.8 Å². The summed E-state index contributed by atoms with van der Waals surface area (Å²) in [5.74, 6) is 0.280. The molecular formula is C17H16ClF3N2O6S. The van der Waals surface area contributed by atoms with E-state index in [0.717, 1.165) is 18.2 Å². The monoisotopic (exact) mass is 468 g/mol. The number of methoxy groups -OCH3 is 2. The Bertz CT molecular complexity index is 1060. The van der Waals surface area contributed by atoms with Crippen LogP contribution in [0.15, 0.2) is 35.2 Å². The van der Waals surface area contributed by atoms with E-state index >= 15 is 0 Å². The first-order chi connectivity index (χ1) is 13.9. The van der Waals surface area contributed by atoms with E-state index in [1.165, 1.54) is 20.3 Å². The lowest BCUT2D eigenvalue weighted by Gasteiger charge is -2.15. The number of hydrogen-bond donors (Lipinski definition) is 1. The lowest BCUT2D eigenvalue weighted by Crippen LogP contribution is -2.28. The van der Waals surface area contributed by atoms with E-state index in [9.17, 15) is 31.7 Å². The Morgan fingerprint density at radius 2 is 1.73 bits per heavy atom. The van der Waals surface area contributed by atoms with Gasteiger partial charge >= 0.3 is 6.18 Å². The Balaban J connectivity index is 2.30. The highest BCUT2D eigenvalue weighted by atomic mass is 35.5. The van der Waals surface area contributed by atoms with Crippen molar-refractivity contribution in [3.05, 3.63) is 56.6 Å². The largest absolute Gasteiger partial charge is 0.493 e. The number of ether oxygens (including phenoxy) is 2. The topological polar surface area (TPSA) is 108 Å². The molecule has 0 aliphatic carbocycles. The van der Waals surface area contributed by atoms with Crippen LogP contribution in [0.5, 0.6) is 11.5 Å². The molecule has 0 atom stereocenters. The van der Waals surface area contributed by atoms with Gasteiger partial charge in [-0.15, -0.1) is 0 Å². The maximum atomic E-state index is 13.2. The molecule has 30 heavy (non-hydrogen) atoms. The van der Waals surface area contributed by atoms with Gasteiger partial charge in [0.05, 0.1) is 35.7 Å². The zero-order valence-electron chi connectivity index (χ0n) is 15.6. The van der Waals surface area contributed by atoms with Crippen LogP contribution in [0.1, 0.15) is 11.1 Å². The second kappa shape index (κ2) is 9.06.